The third kappa shape index (κ3) is 7.05. The first kappa shape index (κ1) is 23.7. The van der Waals surface area contributed by atoms with Gasteiger partial charge < -0.3 is 26.2 Å². The number of amides is 1. The van der Waals surface area contributed by atoms with Crippen molar-refractivity contribution < 1.29 is 4.79 Å². The monoisotopic (exact) mass is 440 g/mol. The molecule has 0 bridgehead atoms. The first-order valence-electron chi connectivity index (χ1n) is 11.1. The fraction of sp³-hybridized carbons (Fsp3) is 0.565. The van der Waals surface area contributed by atoms with E-state index in [1.165, 1.54) is 6.92 Å². The van der Waals surface area contributed by atoms with Crippen molar-refractivity contribution in [3.63, 3.8) is 0 Å². The number of hydrogen-bond acceptors (Lipinski definition) is 8. The highest BCUT2D eigenvalue weighted by Gasteiger charge is 2.20. The van der Waals surface area contributed by atoms with Crippen LogP contribution < -0.4 is 26.2 Å². The molecule has 2 aromatic rings. The lowest BCUT2D eigenvalue weighted by molar-refractivity contribution is -0.119. The third-order valence-corrected chi connectivity index (χ3v) is 5.16. The van der Waals surface area contributed by atoms with E-state index in [0.717, 1.165) is 42.9 Å². The first-order valence-corrected chi connectivity index (χ1v) is 11.1. The molecule has 0 aliphatic carbocycles. The van der Waals surface area contributed by atoms with E-state index in [1.807, 2.05) is 32.2 Å². The summed E-state index contributed by atoms with van der Waals surface area (Å²) in [6.07, 6.45) is 1.03. The van der Waals surface area contributed by atoms with Crippen LogP contribution in [0.2, 0.25) is 0 Å². The van der Waals surface area contributed by atoms with Gasteiger partial charge in [-0.3, -0.25) is 4.79 Å². The molecule has 1 aromatic carbocycles. The molecule has 0 radical (unpaired) electrons. The summed E-state index contributed by atoms with van der Waals surface area (Å²) >= 11 is 0. The summed E-state index contributed by atoms with van der Waals surface area (Å²) < 4.78 is 0. The molecule has 174 valence electrons. The lowest BCUT2D eigenvalue weighted by atomic mass is 9.96. The van der Waals surface area contributed by atoms with Crippen molar-refractivity contribution in [3.8, 4) is 0 Å². The van der Waals surface area contributed by atoms with Crippen molar-refractivity contribution >= 4 is 29.4 Å². The van der Waals surface area contributed by atoms with Crippen LogP contribution in [0.15, 0.2) is 18.2 Å². The summed E-state index contributed by atoms with van der Waals surface area (Å²) in [6.45, 7) is 13.3. The second kappa shape index (κ2) is 10.1. The zero-order valence-corrected chi connectivity index (χ0v) is 20.0. The Labute approximate surface area is 190 Å². The maximum absolute atomic E-state index is 11.3. The van der Waals surface area contributed by atoms with Crippen molar-refractivity contribution in [2.45, 2.75) is 53.6 Å². The summed E-state index contributed by atoms with van der Waals surface area (Å²) in [5.74, 6) is 1.63. The Balaban J connectivity index is 1.87. The van der Waals surface area contributed by atoms with E-state index in [1.54, 1.807) is 0 Å². The maximum Gasteiger partial charge on any atom is 0.233 e. The van der Waals surface area contributed by atoms with Crippen LogP contribution in [0.3, 0.4) is 0 Å². The molecule has 2 heterocycles. The number of nitrogens with one attached hydrogen (secondary N) is 4. The van der Waals surface area contributed by atoms with Crippen LogP contribution >= 0.6 is 0 Å². The van der Waals surface area contributed by atoms with E-state index in [9.17, 15) is 4.79 Å². The fourth-order valence-corrected chi connectivity index (χ4v) is 3.66. The number of benzene rings is 1. The quantitative estimate of drug-likeness (QED) is 0.496. The van der Waals surface area contributed by atoms with Crippen molar-refractivity contribution in [2.75, 3.05) is 42.2 Å². The van der Waals surface area contributed by atoms with Gasteiger partial charge in [-0.15, -0.1) is 0 Å². The summed E-state index contributed by atoms with van der Waals surface area (Å²) in [4.78, 5) is 27.4. The lowest BCUT2D eigenvalue weighted by Gasteiger charge is -2.27. The summed E-state index contributed by atoms with van der Waals surface area (Å²) in [5, 5.41) is 13.0. The first-order chi connectivity index (χ1) is 15.1. The van der Waals surface area contributed by atoms with Gasteiger partial charge in [-0.1, -0.05) is 32.9 Å². The Hall–Kier alpha value is -2.94. The number of carbonyl (C=O) groups excluding carboxylic acids is 1. The van der Waals surface area contributed by atoms with Gasteiger partial charge >= 0.3 is 0 Å². The van der Waals surface area contributed by atoms with Crippen LogP contribution in [-0.2, 0) is 11.3 Å². The van der Waals surface area contributed by atoms with Crippen LogP contribution in [-0.4, -0.2) is 53.6 Å². The third-order valence-electron chi connectivity index (χ3n) is 5.16. The second-order valence-corrected chi connectivity index (χ2v) is 9.72. The molecular weight excluding hydrogens is 404 g/mol. The fourth-order valence-electron chi connectivity index (χ4n) is 3.66. The molecule has 9 nitrogen and oxygen atoms in total. The SMILES string of the molecule is CC(=O)NCc1ccc(C)c(Nc2nc(N[C@@H]3CCNC3)nc(N(C)CC(C)(C)C)n2)c1. The van der Waals surface area contributed by atoms with E-state index in [4.69, 9.17) is 4.98 Å². The van der Waals surface area contributed by atoms with Gasteiger partial charge in [0.2, 0.25) is 23.8 Å². The van der Waals surface area contributed by atoms with E-state index >= 15 is 0 Å². The molecule has 1 atom stereocenters. The minimum atomic E-state index is -0.0544. The minimum Gasteiger partial charge on any atom is -0.352 e. The molecule has 3 rings (SSSR count). The number of aryl methyl sites for hydroxylation is 1. The summed E-state index contributed by atoms with van der Waals surface area (Å²) in [5.41, 5.74) is 3.07. The number of aromatic nitrogens is 3. The van der Waals surface area contributed by atoms with Crippen molar-refractivity contribution in [1.82, 2.24) is 25.6 Å². The maximum atomic E-state index is 11.3. The number of rotatable bonds is 8. The predicted octanol–water partition coefficient (Wildman–Crippen LogP) is 2.82. The second-order valence-electron chi connectivity index (χ2n) is 9.72. The standard InChI is InChI=1S/C23H36N8O/c1-15-7-8-17(12-25-16(2)32)11-19(15)27-21-28-20(26-18-9-10-24-13-18)29-22(30-21)31(6)14-23(3,4)5/h7-8,11,18,24H,9-10,12-14H2,1-6H3,(H,25,32)(H2,26,27,28,29,30)/t18-/m1/s1. The van der Waals surface area contributed by atoms with Gasteiger partial charge in [0, 0.05) is 45.3 Å². The van der Waals surface area contributed by atoms with E-state index in [-0.39, 0.29) is 11.3 Å². The highest BCUT2D eigenvalue weighted by Crippen LogP contribution is 2.24. The van der Waals surface area contributed by atoms with Crippen LogP contribution in [0.5, 0.6) is 0 Å². The molecule has 32 heavy (non-hydrogen) atoms. The Morgan fingerprint density at radius 1 is 1.22 bits per heavy atom. The number of nitrogens with zero attached hydrogens (tertiary/aromatic N) is 4. The largest absolute Gasteiger partial charge is 0.352 e. The Kier molecular flexibility index (Phi) is 7.50. The lowest BCUT2D eigenvalue weighted by Crippen LogP contribution is -2.31. The normalized spacial score (nSPS) is 16.0. The Bertz CT molecular complexity index is 934. The van der Waals surface area contributed by atoms with Crippen LogP contribution in [0.25, 0.3) is 0 Å². The Morgan fingerprint density at radius 3 is 2.62 bits per heavy atom. The number of hydrogen-bond donors (Lipinski definition) is 4. The molecule has 1 aliphatic rings. The van der Waals surface area contributed by atoms with Gasteiger partial charge in [0.15, 0.2) is 0 Å². The molecule has 1 aliphatic heterocycles. The molecular formula is C23H36N8O. The van der Waals surface area contributed by atoms with Gasteiger partial charge in [-0.25, -0.2) is 0 Å². The molecule has 0 unspecified atom stereocenters. The van der Waals surface area contributed by atoms with Gasteiger partial charge in [0.25, 0.3) is 0 Å². The van der Waals surface area contributed by atoms with Crippen LogP contribution in [0, 0.1) is 12.3 Å². The summed E-state index contributed by atoms with van der Waals surface area (Å²) in [6, 6.07) is 6.35. The van der Waals surface area contributed by atoms with E-state index < -0.39 is 0 Å². The van der Waals surface area contributed by atoms with Crippen LogP contribution in [0.1, 0.15) is 45.2 Å². The number of anilines is 4. The molecule has 1 aromatic heterocycles. The predicted molar refractivity (Wildman–Crippen MR) is 129 cm³/mol. The number of carbonyl (C=O) groups is 1. The summed E-state index contributed by atoms with van der Waals surface area (Å²) in [7, 11) is 2.00. The zero-order valence-electron chi connectivity index (χ0n) is 20.0. The highest BCUT2D eigenvalue weighted by atomic mass is 16.1. The molecule has 0 spiro atoms. The minimum absolute atomic E-state index is 0.0544. The van der Waals surface area contributed by atoms with Crippen molar-refractivity contribution in [1.29, 1.82) is 0 Å². The molecule has 9 heteroatoms. The van der Waals surface area contributed by atoms with E-state index in [0.29, 0.717) is 30.4 Å². The smallest absolute Gasteiger partial charge is 0.233 e. The molecule has 0 saturated carbocycles. The van der Waals surface area contributed by atoms with Crippen molar-refractivity contribution in [2.24, 2.45) is 5.41 Å². The molecule has 1 fully saturated rings. The van der Waals surface area contributed by atoms with Crippen molar-refractivity contribution in [3.05, 3.63) is 29.3 Å². The van der Waals surface area contributed by atoms with Gasteiger partial charge in [0.05, 0.1) is 0 Å². The van der Waals surface area contributed by atoms with E-state index in [2.05, 4.69) is 56.9 Å². The van der Waals surface area contributed by atoms with Crippen LogP contribution in [0.4, 0.5) is 23.5 Å². The average Bonchev–Trinajstić information content (AvgIpc) is 3.20. The highest BCUT2D eigenvalue weighted by molar-refractivity contribution is 5.73. The average molecular weight is 441 g/mol. The van der Waals surface area contributed by atoms with Gasteiger partial charge in [-0.05, 0) is 42.5 Å². The topological polar surface area (TPSA) is 107 Å². The molecule has 4 N–H and O–H groups in total. The van der Waals surface area contributed by atoms with Gasteiger partial charge in [-0.2, -0.15) is 15.0 Å². The Morgan fingerprint density at radius 2 is 1.97 bits per heavy atom. The molecule has 1 saturated heterocycles. The molecule has 1 amide bonds. The zero-order chi connectivity index (χ0) is 23.3. The van der Waals surface area contributed by atoms with Gasteiger partial charge in [0.1, 0.15) is 0 Å².